The molecule has 0 unspecified atom stereocenters. The Morgan fingerprint density at radius 2 is 1.90 bits per heavy atom. The van der Waals surface area contributed by atoms with Crippen LogP contribution in [0, 0.1) is 0 Å². The van der Waals surface area contributed by atoms with Crippen LogP contribution in [0.1, 0.15) is 12.8 Å². The van der Waals surface area contributed by atoms with Gasteiger partial charge in [-0.3, -0.25) is 0 Å². The van der Waals surface area contributed by atoms with E-state index in [1.54, 1.807) is 12.1 Å². The second kappa shape index (κ2) is 6.43. The molecule has 0 aliphatic carbocycles. The molecule has 1 aliphatic heterocycles. The Morgan fingerprint density at radius 1 is 1.20 bits per heavy atom. The summed E-state index contributed by atoms with van der Waals surface area (Å²) in [6, 6.07) is 4.54. The Balaban J connectivity index is 2.24. The highest BCUT2D eigenvalue weighted by atomic mass is 32.2. The fourth-order valence-electron chi connectivity index (χ4n) is 2.10. The Bertz CT molecular complexity index is 552. The Labute approximate surface area is 119 Å². The number of hydrogen-bond acceptors (Lipinski definition) is 5. The summed E-state index contributed by atoms with van der Waals surface area (Å²) in [6.45, 7) is 1.15. The van der Waals surface area contributed by atoms with Gasteiger partial charge < -0.3 is 14.2 Å². The summed E-state index contributed by atoms with van der Waals surface area (Å²) in [6.07, 6.45) is 1.36. The first-order chi connectivity index (χ1) is 9.56. The molecule has 0 bridgehead atoms. The number of rotatable bonds is 5. The summed E-state index contributed by atoms with van der Waals surface area (Å²) < 4.78 is 42.9. The molecule has 7 heteroatoms. The lowest BCUT2D eigenvalue weighted by atomic mass is 10.1. The van der Waals surface area contributed by atoms with Gasteiger partial charge in [0.15, 0.2) is 0 Å². The second-order valence-corrected chi connectivity index (χ2v) is 6.21. The monoisotopic (exact) mass is 301 g/mol. The largest absolute Gasteiger partial charge is 0.497 e. The molecule has 20 heavy (non-hydrogen) atoms. The fourth-order valence-corrected chi connectivity index (χ4v) is 3.55. The molecule has 1 aromatic rings. The van der Waals surface area contributed by atoms with Crippen LogP contribution in [0.4, 0.5) is 0 Å². The molecule has 1 fully saturated rings. The van der Waals surface area contributed by atoms with Gasteiger partial charge in [0.1, 0.15) is 16.4 Å². The fraction of sp³-hybridized carbons (Fsp3) is 0.538. The third kappa shape index (κ3) is 3.41. The number of benzene rings is 1. The molecule has 0 amide bonds. The molecule has 1 aromatic carbocycles. The minimum atomic E-state index is -3.61. The first-order valence-corrected chi connectivity index (χ1v) is 7.87. The molecule has 1 N–H and O–H groups in total. The molecule has 1 saturated heterocycles. The quantitative estimate of drug-likeness (QED) is 0.883. The molecule has 0 saturated carbocycles. The number of hydrogen-bond donors (Lipinski definition) is 1. The zero-order valence-corrected chi connectivity index (χ0v) is 12.4. The number of nitrogens with one attached hydrogen (secondary N) is 1. The number of ether oxygens (including phenoxy) is 3. The third-order valence-corrected chi connectivity index (χ3v) is 4.76. The predicted octanol–water partition coefficient (Wildman–Crippen LogP) is 1.16. The zero-order chi connectivity index (χ0) is 14.6. The van der Waals surface area contributed by atoms with Crippen molar-refractivity contribution in [2.75, 3.05) is 27.4 Å². The summed E-state index contributed by atoms with van der Waals surface area (Å²) >= 11 is 0. The maximum atomic E-state index is 12.4. The highest BCUT2D eigenvalue weighted by molar-refractivity contribution is 7.89. The lowest BCUT2D eigenvalue weighted by molar-refractivity contribution is 0.0832. The summed E-state index contributed by atoms with van der Waals surface area (Å²) in [7, 11) is -0.664. The highest BCUT2D eigenvalue weighted by Crippen LogP contribution is 2.28. The van der Waals surface area contributed by atoms with E-state index >= 15 is 0 Å². The highest BCUT2D eigenvalue weighted by Gasteiger charge is 2.25. The van der Waals surface area contributed by atoms with Crippen LogP contribution in [0.2, 0.25) is 0 Å². The van der Waals surface area contributed by atoms with Gasteiger partial charge >= 0.3 is 0 Å². The number of methoxy groups -OCH3 is 2. The summed E-state index contributed by atoms with van der Waals surface area (Å²) in [5, 5.41) is 0. The topological polar surface area (TPSA) is 73.9 Å². The van der Waals surface area contributed by atoms with Gasteiger partial charge in [0, 0.05) is 25.3 Å². The van der Waals surface area contributed by atoms with Crippen molar-refractivity contribution >= 4 is 10.0 Å². The molecule has 2 rings (SSSR count). The maximum absolute atomic E-state index is 12.4. The zero-order valence-electron chi connectivity index (χ0n) is 11.6. The molecule has 0 atom stereocenters. The molecule has 0 radical (unpaired) electrons. The van der Waals surface area contributed by atoms with Crippen LogP contribution < -0.4 is 14.2 Å². The molecular weight excluding hydrogens is 282 g/mol. The molecule has 1 aliphatic rings. The van der Waals surface area contributed by atoms with Gasteiger partial charge in [0.25, 0.3) is 0 Å². The van der Waals surface area contributed by atoms with Crippen LogP contribution in [0.5, 0.6) is 11.5 Å². The first-order valence-electron chi connectivity index (χ1n) is 6.39. The van der Waals surface area contributed by atoms with Crippen molar-refractivity contribution in [1.82, 2.24) is 4.72 Å². The minimum absolute atomic E-state index is 0.0967. The number of sulfonamides is 1. The SMILES string of the molecule is COc1ccc(S(=O)(=O)NC2CCOCC2)c(OC)c1. The van der Waals surface area contributed by atoms with Gasteiger partial charge in [-0.25, -0.2) is 13.1 Å². The normalized spacial score (nSPS) is 16.9. The van der Waals surface area contributed by atoms with Crippen LogP contribution in [0.15, 0.2) is 23.1 Å². The third-order valence-electron chi connectivity index (χ3n) is 3.20. The molecule has 6 nitrogen and oxygen atoms in total. The van der Waals surface area contributed by atoms with E-state index in [0.717, 1.165) is 0 Å². The van der Waals surface area contributed by atoms with Gasteiger partial charge in [0.2, 0.25) is 10.0 Å². The lowest BCUT2D eigenvalue weighted by Gasteiger charge is -2.23. The van der Waals surface area contributed by atoms with E-state index in [9.17, 15) is 8.42 Å². The first kappa shape index (κ1) is 15.1. The minimum Gasteiger partial charge on any atom is -0.497 e. The van der Waals surface area contributed by atoms with Gasteiger partial charge in [-0.2, -0.15) is 0 Å². The Morgan fingerprint density at radius 3 is 2.50 bits per heavy atom. The average molecular weight is 301 g/mol. The predicted molar refractivity (Wildman–Crippen MR) is 73.7 cm³/mol. The Hall–Kier alpha value is -1.31. The van der Waals surface area contributed by atoms with Crippen LogP contribution in [-0.4, -0.2) is 41.9 Å². The standard InChI is InChI=1S/C13H19NO5S/c1-17-11-3-4-13(12(9-11)18-2)20(15,16)14-10-5-7-19-8-6-10/h3-4,9-10,14H,5-8H2,1-2H3. The van der Waals surface area contributed by atoms with Crippen LogP contribution in [0.3, 0.4) is 0 Å². The van der Waals surface area contributed by atoms with Crippen molar-refractivity contribution in [3.63, 3.8) is 0 Å². The average Bonchev–Trinajstić information content (AvgIpc) is 2.47. The lowest BCUT2D eigenvalue weighted by Crippen LogP contribution is -2.38. The summed E-state index contributed by atoms with van der Waals surface area (Å²) in [5.74, 6) is 0.816. The molecule has 1 heterocycles. The van der Waals surface area contributed by atoms with Crippen molar-refractivity contribution in [3.8, 4) is 11.5 Å². The van der Waals surface area contributed by atoms with Crippen molar-refractivity contribution in [2.24, 2.45) is 0 Å². The van der Waals surface area contributed by atoms with Crippen molar-refractivity contribution in [1.29, 1.82) is 0 Å². The Kier molecular flexibility index (Phi) is 4.85. The second-order valence-electron chi connectivity index (χ2n) is 4.52. The van der Waals surface area contributed by atoms with E-state index in [2.05, 4.69) is 4.72 Å². The van der Waals surface area contributed by atoms with Crippen molar-refractivity contribution < 1.29 is 22.6 Å². The van der Waals surface area contributed by atoms with Crippen LogP contribution >= 0.6 is 0 Å². The van der Waals surface area contributed by atoms with Crippen LogP contribution in [-0.2, 0) is 14.8 Å². The van der Waals surface area contributed by atoms with E-state index in [1.165, 1.54) is 20.3 Å². The summed E-state index contributed by atoms with van der Waals surface area (Å²) in [4.78, 5) is 0.118. The van der Waals surface area contributed by atoms with Gasteiger partial charge in [0.05, 0.1) is 14.2 Å². The van der Waals surface area contributed by atoms with E-state index in [4.69, 9.17) is 14.2 Å². The maximum Gasteiger partial charge on any atom is 0.244 e. The molecular formula is C13H19NO5S. The van der Waals surface area contributed by atoms with Crippen molar-refractivity contribution in [2.45, 2.75) is 23.8 Å². The van der Waals surface area contributed by atoms with E-state index < -0.39 is 10.0 Å². The van der Waals surface area contributed by atoms with E-state index in [1.807, 2.05) is 0 Å². The van der Waals surface area contributed by atoms with Crippen molar-refractivity contribution in [3.05, 3.63) is 18.2 Å². The van der Waals surface area contributed by atoms with Gasteiger partial charge in [-0.1, -0.05) is 0 Å². The smallest absolute Gasteiger partial charge is 0.244 e. The molecule has 112 valence electrons. The van der Waals surface area contributed by atoms with Gasteiger partial charge in [-0.15, -0.1) is 0 Å². The van der Waals surface area contributed by atoms with Crippen LogP contribution in [0.25, 0.3) is 0 Å². The van der Waals surface area contributed by atoms with E-state index in [-0.39, 0.29) is 16.7 Å². The molecule has 0 spiro atoms. The van der Waals surface area contributed by atoms with Gasteiger partial charge in [-0.05, 0) is 25.0 Å². The van der Waals surface area contributed by atoms with E-state index in [0.29, 0.717) is 31.8 Å². The summed E-state index contributed by atoms with van der Waals surface area (Å²) in [5.41, 5.74) is 0. The molecule has 0 aromatic heterocycles.